The van der Waals surface area contributed by atoms with Gasteiger partial charge in [0.1, 0.15) is 0 Å². The summed E-state index contributed by atoms with van der Waals surface area (Å²) in [6.07, 6.45) is -1.04. The molecular formula is C17H15F3N4O. The number of benzene rings is 1. The van der Waals surface area contributed by atoms with Crippen LogP contribution < -0.4 is 10.1 Å². The SMILES string of the molecule is COc1ncccc1NCc1c[nH]nc1-c1ccc(C(F)(F)F)cc1. The molecule has 3 rings (SSSR count). The molecule has 0 atom stereocenters. The molecule has 0 spiro atoms. The minimum atomic E-state index is -4.36. The van der Waals surface area contributed by atoms with Crippen LogP contribution >= 0.6 is 0 Å². The Morgan fingerprint density at radius 3 is 2.60 bits per heavy atom. The number of methoxy groups -OCH3 is 1. The van der Waals surface area contributed by atoms with Crippen LogP contribution in [0.4, 0.5) is 18.9 Å². The number of nitrogens with zero attached hydrogens (tertiary/aromatic N) is 2. The fourth-order valence-electron chi connectivity index (χ4n) is 2.40. The van der Waals surface area contributed by atoms with Crippen molar-refractivity contribution in [2.75, 3.05) is 12.4 Å². The maximum Gasteiger partial charge on any atom is 0.416 e. The van der Waals surface area contributed by atoms with E-state index >= 15 is 0 Å². The van der Waals surface area contributed by atoms with E-state index in [4.69, 9.17) is 4.74 Å². The monoisotopic (exact) mass is 348 g/mol. The first-order chi connectivity index (χ1) is 12.0. The molecule has 0 saturated carbocycles. The van der Waals surface area contributed by atoms with Crippen LogP contribution in [0.5, 0.6) is 5.88 Å². The van der Waals surface area contributed by atoms with E-state index in [0.717, 1.165) is 17.7 Å². The van der Waals surface area contributed by atoms with Gasteiger partial charge in [-0.3, -0.25) is 5.10 Å². The van der Waals surface area contributed by atoms with Gasteiger partial charge in [0, 0.05) is 30.1 Å². The molecule has 1 aromatic carbocycles. The van der Waals surface area contributed by atoms with Crippen molar-refractivity contribution in [3.05, 3.63) is 59.9 Å². The lowest BCUT2D eigenvalue weighted by atomic mass is 10.1. The van der Waals surface area contributed by atoms with Gasteiger partial charge in [-0.2, -0.15) is 18.3 Å². The molecule has 0 aliphatic heterocycles. The van der Waals surface area contributed by atoms with Crippen molar-refractivity contribution < 1.29 is 17.9 Å². The third-order valence-electron chi connectivity index (χ3n) is 3.64. The van der Waals surface area contributed by atoms with E-state index in [9.17, 15) is 13.2 Å². The molecule has 2 heterocycles. The zero-order valence-electron chi connectivity index (χ0n) is 13.3. The minimum Gasteiger partial charge on any atom is -0.480 e. The molecule has 0 aliphatic carbocycles. The Morgan fingerprint density at radius 1 is 1.16 bits per heavy atom. The molecule has 2 aromatic heterocycles. The van der Waals surface area contributed by atoms with Gasteiger partial charge in [0.05, 0.1) is 24.1 Å². The van der Waals surface area contributed by atoms with E-state index in [-0.39, 0.29) is 0 Å². The number of alkyl halides is 3. The number of anilines is 1. The number of aromatic nitrogens is 3. The second-order valence-electron chi connectivity index (χ2n) is 5.25. The number of halogens is 3. The number of rotatable bonds is 5. The lowest BCUT2D eigenvalue weighted by Gasteiger charge is -2.10. The van der Waals surface area contributed by atoms with Crippen LogP contribution in [0.1, 0.15) is 11.1 Å². The second kappa shape index (κ2) is 6.84. The summed E-state index contributed by atoms with van der Waals surface area (Å²) in [4.78, 5) is 4.10. The summed E-state index contributed by atoms with van der Waals surface area (Å²) in [6.45, 7) is 0.412. The summed E-state index contributed by atoms with van der Waals surface area (Å²) in [5.74, 6) is 0.460. The van der Waals surface area contributed by atoms with E-state index in [0.29, 0.717) is 29.4 Å². The van der Waals surface area contributed by atoms with Crippen LogP contribution in [0.3, 0.4) is 0 Å². The molecule has 0 aliphatic rings. The van der Waals surface area contributed by atoms with Crippen LogP contribution in [0.2, 0.25) is 0 Å². The predicted molar refractivity (Wildman–Crippen MR) is 87.1 cm³/mol. The molecule has 2 N–H and O–H groups in total. The van der Waals surface area contributed by atoms with Crippen molar-refractivity contribution in [2.45, 2.75) is 12.7 Å². The van der Waals surface area contributed by atoms with E-state index in [2.05, 4.69) is 20.5 Å². The van der Waals surface area contributed by atoms with Gasteiger partial charge in [-0.1, -0.05) is 12.1 Å². The van der Waals surface area contributed by atoms with Crippen molar-refractivity contribution >= 4 is 5.69 Å². The molecule has 0 bridgehead atoms. The molecule has 5 nitrogen and oxygen atoms in total. The number of ether oxygens (including phenoxy) is 1. The Hall–Kier alpha value is -3.03. The maximum atomic E-state index is 12.7. The van der Waals surface area contributed by atoms with Gasteiger partial charge in [-0.05, 0) is 24.3 Å². The van der Waals surface area contributed by atoms with E-state index in [1.54, 1.807) is 18.5 Å². The van der Waals surface area contributed by atoms with Crippen molar-refractivity contribution in [3.8, 4) is 17.1 Å². The smallest absolute Gasteiger partial charge is 0.416 e. The van der Waals surface area contributed by atoms with Crippen LogP contribution in [-0.4, -0.2) is 22.3 Å². The standard InChI is InChI=1S/C17H15F3N4O/c1-25-16-14(3-2-8-21-16)22-9-12-10-23-24-15(12)11-4-6-13(7-5-11)17(18,19)20/h2-8,10,22H,9H2,1H3,(H,23,24). The third kappa shape index (κ3) is 3.73. The van der Waals surface area contributed by atoms with Gasteiger partial charge in [0.2, 0.25) is 5.88 Å². The zero-order chi connectivity index (χ0) is 17.9. The Balaban J connectivity index is 1.79. The predicted octanol–water partition coefficient (Wildman–Crippen LogP) is 4.11. The van der Waals surface area contributed by atoms with Gasteiger partial charge >= 0.3 is 6.18 Å². The van der Waals surface area contributed by atoms with Crippen molar-refractivity contribution in [1.82, 2.24) is 15.2 Å². The van der Waals surface area contributed by atoms with Gasteiger partial charge < -0.3 is 10.1 Å². The summed E-state index contributed by atoms with van der Waals surface area (Å²) in [5.41, 5.74) is 2.02. The fraction of sp³-hybridized carbons (Fsp3) is 0.176. The highest BCUT2D eigenvalue weighted by molar-refractivity contribution is 5.64. The number of hydrogen-bond acceptors (Lipinski definition) is 4. The van der Waals surface area contributed by atoms with Crippen LogP contribution in [0, 0.1) is 0 Å². The lowest BCUT2D eigenvalue weighted by molar-refractivity contribution is -0.137. The Bertz CT molecular complexity index is 844. The minimum absolute atomic E-state index is 0.412. The first-order valence-electron chi connectivity index (χ1n) is 7.42. The Kier molecular flexibility index (Phi) is 4.60. The van der Waals surface area contributed by atoms with E-state index in [1.807, 2.05) is 6.07 Å². The van der Waals surface area contributed by atoms with Gasteiger partial charge in [-0.25, -0.2) is 4.98 Å². The normalized spacial score (nSPS) is 11.4. The Labute approximate surface area is 141 Å². The Morgan fingerprint density at radius 2 is 1.92 bits per heavy atom. The van der Waals surface area contributed by atoms with Gasteiger partial charge in [-0.15, -0.1) is 0 Å². The van der Waals surface area contributed by atoms with Crippen molar-refractivity contribution in [1.29, 1.82) is 0 Å². The number of hydrogen-bond donors (Lipinski definition) is 2. The molecule has 3 aromatic rings. The quantitative estimate of drug-likeness (QED) is 0.728. The first kappa shape index (κ1) is 16.8. The molecular weight excluding hydrogens is 333 g/mol. The van der Waals surface area contributed by atoms with E-state index in [1.165, 1.54) is 19.2 Å². The summed E-state index contributed by atoms with van der Waals surface area (Å²) < 4.78 is 43.2. The van der Waals surface area contributed by atoms with Crippen LogP contribution in [-0.2, 0) is 12.7 Å². The molecule has 0 fully saturated rings. The second-order valence-corrected chi connectivity index (χ2v) is 5.25. The molecule has 0 radical (unpaired) electrons. The zero-order valence-corrected chi connectivity index (χ0v) is 13.3. The fourth-order valence-corrected chi connectivity index (χ4v) is 2.40. The molecule has 130 valence electrons. The first-order valence-corrected chi connectivity index (χ1v) is 7.42. The highest BCUT2D eigenvalue weighted by Gasteiger charge is 2.30. The van der Waals surface area contributed by atoms with Gasteiger partial charge in [0.25, 0.3) is 0 Å². The molecule has 8 heteroatoms. The third-order valence-corrected chi connectivity index (χ3v) is 3.64. The number of H-pyrrole nitrogens is 1. The van der Waals surface area contributed by atoms with Crippen molar-refractivity contribution in [3.63, 3.8) is 0 Å². The molecule has 0 saturated heterocycles. The average Bonchev–Trinajstić information content (AvgIpc) is 3.08. The largest absolute Gasteiger partial charge is 0.480 e. The summed E-state index contributed by atoms with van der Waals surface area (Å²) in [7, 11) is 1.53. The number of aromatic amines is 1. The van der Waals surface area contributed by atoms with Gasteiger partial charge in [0.15, 0.2) is 0 Å². The highest BCUT2D eigenvalue weighted by Crippen LogP contribution is 2.31. The topological polar surface area (TPSA) is 62.8 Å². The summed E-state index contributed by atoms with van der Waals surface area (Å²) in [6, 6.07) is 8.51. The van der Waals surface area contributed by atoms with E-state index < -0.39 is 11.7 Å². The lowest BCUT2D eigenvalue weighted by Crippen LogP contribution is -2.04. The van der Waals surface area contributed by atoms with Crippen molar-refractivity contribution in [2.24, 2.45) is 0 Å². The number of nitrogens with one attached hydrogen (secondary N) is 2. The highest BCUT2D eigenvalue weighted by atomic mass is 19.4. The average molecular weight is 348 g/mol. The molecule has 0 unspecified atom stereocenters. The summed E-state index contributed by atoms with van der Waals surface area (Å²) in [5, 5.41) is 10.1. The molecule has 0 amide bonds. The number of pyridine rings is 1. The summed E-state index contributed by atoms with van der Waals surface area (Å²) >= 11 is 0. The van der Waals surface area contributed by atoms with Crippen LogP contribution in [0.15, 0.2) is 48.8 Å². The van der Waals surface area contributed by atoms with Crippen LogP contribution in [0.25, 0.3) is 11.3 Å². The molecule has 25 heavy (non-hydrogen) atoms. The maximum absolute atomic E-state index is 12.7.